The highest BCUT2D eigenvalue weighted by Gasteiger charge is 2.51. The van der Waals surface area contributed by atoms with Gasteiger partial charge in [-0.25, -0.2) is 9.59 Å². The van der Waals surface area contributed by atoms with E-state index in [4.69, 9.17) is 9.52 Å². The fraction of sp³-hybridized carbons (Fsp3) is 0.385. The summed E-state index contributed by atoms with van der Waals surface area (Å²) in [7, 11) is 0. The Hall–Kier alpha value is -2.18. The van der Waals surface area contributed by atoms with Gasteiger partial charge in [-0.1, -0.05) is 13.8 Å². The first kappa shape index (κ1) is 14.2. The summed E-state index contributed by atoms with van der Waals surface area (Å²) >= 11 is 0. The van der Waals surface area contributed by atoms with Crippen LogP contribution in [-0.4, -0.2) is 29.1 Å². The number of rotatable bonds is 5. The molecule has 108 valence electrons. The fourth-order valence-electron chi connectivity index (χ4n) is 1.88. The van der Waals surface area contributed by atoms with Crippen LogP contribution in [0.5, 0.6) is 0 Å². The minimum atomic E-state index is -4.16. The molecule has 1 unspecified atom stereocenters. The summed E-state index contributed by atoms with van der Waals surface area (Å²) in [5.41, 5.74) is 0.638. The van der Waals surface area contributed by atoms with Crippen LogP contribution in [-0.2, 0) is 9.53 Å². The highest BCUT2D eigenvalue weighted by Crippen LogP contribution is 2.30. The maximum atomic E-state index is 13.5. The third kappa shape index (κ3) is 2.31. The van der Waals surface area contributed by atoms with Gasteiger partial charge < -0.3 is 14.3 Å². The quantitative estimate of drug-likeness (QED) is 0.855. The molecule has 0 aliphatic rings. The molecular formula is C13H12F2O5. The summed E-state index contributed by atoms with van der Waals surface area (Å²) in [6.07, 6.45) is -2.05. The second-order valence-electron chi connectivity index (χ2n) is 4.76. The second kappa shape index (κ2) is 4.73. The Morgan fingerprint density at radius 3 is 2.40 bits per heavy atom. The molecule has 2 aromatic heterocycles. The van der Waals surface area contributed by atoms with E-state index in [0.717, 1.165) is 0 Å². The summed E-state index contributed by atoms with van der Waals surface area (Å²) in [6.45, 7) is 2.70. The van der Waals surface area contributed by atoms with Crippen molar-refractivity contribution in [3.63, 3.8) is 0 Å². The number of halogens is 2. The number of carbonyl (C=O) groups is 2. The van der Waals surface area contributed by atoms with Crippen LogP contribution < -0.4 is 0 Å². The molecule has 0 aliphatic heterocycles. The molecule has 2 bridgehead atoms. The van der Waals surface area contributed by atoms with Gasteiger partial charge in [0.2, 0.25) is 0 Å². The number of aliphatic carboxylic acids is 1. The van der Waals surface area contributed by atoms with Crippen LogP contribution in [0.2, 0.25) is 0 Å². The molecular weight excluding hydrogens is 274 g/mol. The SMILES string of the molecule is CC(C)C(OC(=O)c1cc2ccc1o2)C(F)(F)C(=O)O. The number of furan rings is 2. The summed E-state index contributed by atoms with van der Waals surface area (Å²) in [4.78, 5) is 22.5. The lowest BCUT2D eigenvalue weighted by atomic mass is 10.0. The van der Waals surface area contributed by atoms with Gasteiger partial charge in [0.05, 0.1) is 0 Å². The summed E-state index contributed by atoms with van der Waals surface area (Å²) in [6, 6.07) is 4.47. The van der Waals surface area contributed by atoms with E-state index in [9.17, 15) is 18.4 Å². The molecule has 0 aromatic carbocycles. The second-order valence-corrected chi connectivity index (χ2v) is 4.76. The predicted octanol–water partition coefficient (Wildman–Crippen LogP) is 2.77. The minimum absolute atomic E-state index is 0.00865. The number of carboxylic acid groups (broad SMARTS) is 1. The van der Waals surface area contributed by atoms with Gasteiger partial charge in [0.1, 0.15) is 16.7 Å². The molecule has 0 radical (unpaired) electrons. The maximum Gasteiger partial charge on any atom is 0.378 e. The first-order chi connectivity index (χ1) is 9.23. The van der Waals surface area contributed by atoms with Crippen molar-refractivity contribution in [1.82, 2.24) is 0 Å². The third-order valence-corrected chi connectivity index (χ3v) is 2.88. The lowest BCUT2D eigenvalue weighted by Gasteiger charge is -2.26. The van der Waals surface area contributed by atoms with Gasteiger partial charge in [-0.05, 0) is 24.1 Å². The number of alkyl halides is 2. The minimum Gasteiger partial charge on any atom is -0.477 e. The third-order valence-electron chi connectivity index (χ3n) is 2.88. The van der Waals surface area contributed by atoms with Crippen LogP contribution in [0.4, 0.5) is 8.78 Å². The van der Waals surface area contributed by atoms with Crippen molar-refractivity contribution in [1.29, 1.82) is 0 Å². The van der Waals surface area contributed by atoms with E-state index in [1.165, 1.54) is 26.0 Å². The molecule has 0 spiro atoms. The lowest BCUT2D eigenvalue weighted by Crippen LogP contribution is -2.47. The van der Waals surface area contributed by atoms with E-state index in [0.29, 0.717) is 5.58 Å². The number of hydrogen-bond donors (Lipinski definition) is 1. The van der Waals surface area contributed by atoms with Crippen molar-refractivity contribution in [3.05, 3.63) is 23.8 Å². The van der Waals surface area contributed by atoms with Crippen molar-refractivity contribution in [2.45, 2.75) is 25.9 Å². The number of ether oxygens (including phenoxy) is 1. The zero-order chi connectivity index (χ0) is 15.1. The molecule has 5 nitrogen and oxygen atoms in total. The largest absolute Gasteiger partial charge is 0.477 e. The molecule has 0 saturated heterocycles. The zero-order valence-corrected chi connectivity index (χ0v) is 10.7. The maximum absolute atomic E-state index is 13.5. The van der Waals surface area contributed by atoms with Gasteiger partial charge in [-0.2, -0.15) is 8.78 Å². The molecule has 7 heteroatoms. The standard InChI is InChI=1S/C13H12F2O5/c1-6(2)10(13(14,15)12(17)18)20-11(16)8-5-7-3-4-9(8)19-7/h3-6,10H,1-2H3,(H,17,18). The van der Waals surface area contributed by atoms with Crippen molar-refractivity contribution in [3.8, 4) is 0 Å². The van der Waals surface area contributed by atoms with Gasteiger partial charge in [-0.15, -0.1) is 0 Å². The average molecular weight is 286 g/mol. The van der Waals surface area contributed by atoms with Crippen LogP contribution in [0.1, 0.15) is 24.2 Å². The van der Waals surface area contributed by atoms with Gasteiger partial charge in [0.15, 0.2) is 6.10 Å². The van der Waals surface area contributed by atoms with Crippen LogP contribution in [0.3, 0.4) is 0 Å². The van der Waals surface area contributed by atoms with E-state index < -0.39 is 29.9 Å². The van der Waals surface area contributed by atoms with Gasteiger partial charge >= 0.3 is 17.9 Å². The van der Waals surface area contributed by atoms with Crippen molar-refractivity contribution >= 4 is 23.1 Å². The van der Waals surface area contributed by atoms with Gasteiger partial charge in [0, 0.05) is 0 Å². The van der Waals surface area contributed by atoms with E-state index >= 15 is 0 Å². The molecule has 0 fully saturated rings. The molecule has 20 heavy (non-hydrogen) atoms. The van der Waals surface area contributed by atoms with Crippen molar-refractivity contribution in [2.24, 2.45) is 5.92 Å². The number of carbonyl (C=O) groups excluding carboxylic acids is 1. The predicted molar refractivity (Wildman–Crippen MR) is 64.0 cm³/mol. The first-order valence-electron chi connectivity index (χ1n) is 5.87. The number of carboxylic acids is 1. The van der Waals surface area contributed by atoms with Gasteiger partial charge in [0.25, 0.3) is 0 Å². The van der Waals surface area contributed by atoms with Crippen molar-refractivity contribution < 1.29 is 32.6 Å². The number of fused-ring (bicyclic) bond motifs is 2. The molecule has 1 atom stereocenters. The van der Waals surface area contributed by atoms with Crippen molar-refractivity contribution in [2.75, 3.05) is 0 Å². The Morgan fingerprint density at radius 1 is 1.35 bits per heavy atom. The molecule has 0 aliphatic carbocycles. The van der Waals surface area contributed by atoms with E-state index in [-0.39, 0.29) is 11.1 Å². The first-order valence-corrected chi connectivity index (χ1v) is 5.87. The van der Waals surface area contributed by atoms with Crippen LogP contribution in [0.25, 0.3) is 11.2 Å². The Labute approximate surface area is 112 Å². The van der Waals surface area contributed by atoms with E-state index in [1.54, 1.807) is 6.07 Å². The molecule has 2 aromatic rings. The van der Waals surface area contributed by atoms with E-state index in [2.05, 4.69) is 4.74 Å². The fourth-order valence-corrected chi connectivity index (χ4v) is 1.88. The normalized spacial score (nSPS) is 13.8. The Morgan fingerprint density at radius 2 is 2.00 bits per heavy atom. The highest BCUT2D eigenvalue weighted by atomic mass is 19.3. The molecule has 2 heterocycles. The van der Waals surface area contributed by atoms with Crippen LogP contribution in [0.15, 0.2) is 22.6 Å². The monoisotopic (exact) mass is 286 g/mol. The Balaban J connectivity index is 2.22. The van der Waals surface area contributed by atoms with Crippen LogP contribution in [0, 0.1) is 5.92 Å². The number of esters is 1. The zero-order valence-electron chi connectivity index (χ0n) is 10.7. The topological polar surface area (TPSA) is 76.7 Å². The van der Waals surface area contributed by atoms with Gasteiger partial charge in [-0.3, -0.25) is 0 Å². The smallest absolute Gasteiger partial charge is 0.378 e. The molecule has 1 N–H and O–H groups in total. The van der Waals surface area contributed by atoms with Crippen LogP contribution >= 0.6 is 0 Å². The number of hydrogen-bond acceptors (Lipinski definition) is 4. The summed E-state index contributed by atoms with van der Waals surface area (Å²) in [5, 5.41) is 8.54. The lowest BCUT2D eigenvalue weighted by molar-refractivity contribution is -0.187. The molecule has 0 saturated carbocycles. The molecule has 2 rings (SSSR count). The summed E-state index contributed by atoms with van der Waals surface area (Å²) in [5.74, 6) is -8.38. The van der Waals surface area contributed by atoms with E-state index in [1.807, 2.05) is 0 Å². The Bertz CT molecular complexity index is 631. The Kier molecular flexibility index (Phi) is 3.37. The average Bonchev–Trinajstić information content (AvgIpc) is 2.96. The number of benzene rings is 1. The summed E-state index contributed by atoms with van der Waals surface area (Å²) < 4.78 is 36.9. The highest BCUT2D eigenvalue weighted by molar-refractivity contribution is 5.99. The molecule has 0 amide bonds.